The Morgan fingerprint density at radius 2 is 2.17 bits per heavy atom. The fourth-order valence-electron chi connectivity index (χ4n) is 3.29. The average molecular weight is 409 g/mol. The third-order valence-corrected chi connectivity index (χ3v) is 5.77. The van der Waals surface area contributed by atoms with E-state index in [4.69, 9.17) is 0 Å². The van der Waals surface area contributed by atoms with Crippen molar-refractivity contribution in [3.63, 3.8) is 0 Å². The van der Waals surface area contributed by atoms with Gasteiger partial charge in [-0.1, -0.05) is 12.1 Å². The number of rotatable bonds is 5. The van der Waals surface area contributed by atoms with Gasteiger partial charge in [0.15, 0.2) is 5.82 Å². The predicted octanol–water partition coefficient (Wildman–Crippen LogP) is 3.42. The molecule has 1 aliphatic rings. The van der Waals surface area contributed by atoms with Crippen molar-refractivity contribution in [2.75, 3.05) is 18.4 Å². The molecular weight excluding hydrogens is 390 g/mol. The molecule has 1 aliphatic heterocycles. The second kappa shape index (κ2) is 7.96. The standard InChI is InChI=1S/C20H19N5O3S/c1-13-9-18(23-20(22-13)14-3-2-4-16(10-14)25(27)28)21-11-19(26)24-7-5-17-15(12-24)6-8-29-17/h2-4,6,8-10H,5,7,11-12H2,1H3,(H,21,22,23). The van der Waals surface area contributed by atoms with Crippen molar-refractivity contribution in [2.24, 2.45) is 0 Å². The van der Waals surface area contributed by atoms with Gasteiger partial charge in [0.05, 0.1) is 11.5 Å². The largest absolute Gasteiger partial charge is 0.361 e. The molecular formula is C20H19N5O3S. The Balaban J connectivity index is 1.46. The van der Waals surface area contributed by atoms with Crippen LogP contribution < -0.4 is 5.32 Å². The molecule has 1 amide bonds. The molecule has 0 bridgehead atoms. The highest BCUT2D eigenvalue weighted by molar-refractivity contribution is 7.10. The Bertz CT molecular complexity index is 1080. The van der Waals surface area contributed by atoms with Crippen molar-refractivity contribution in [2.45, 2.75) is 19.9 Å². The summed E-state index contributed by atoms with van der Waals surface area (Å²) in [5.74, 6) is 0.903. The second-order valence-corrected chi connectivity index (χ2v) is 7.81. The summed E-state index contributed by atoms with van der Waals surface area (Å²) in [5, 5.41) is 16.2. The van der Waals surface area contributed by atoms with Crippen molar-refractivity contribution < 1.29 is 9.72 Å². The highest BCUT2D eigenvalue weighted by Gasteiger charge is 2.21. The van der Waals surface area contributed by atoms with Gasteiger partial charge in [-0.25, -0.2) is 9.97 Å². The molecule has 148 valence electrons. The fraction of sp³-hybridized carbons (Fsp3) is 0.250. The number of hydrogen-bond donors (Lipinski definition) is 1. The number of thiophene rings is 1. The number of nitro benzene ring substituents is 1. The Labute approximate surface area is 171 Å². The van der Waals surface area contributed by atoms with Crippen LogP contribution in [0.3, 0.4) is 0 Å². The molecule has 0 atom stereocenters. The number of aryl methyl sites for hydroxylation is 1. The molecule has 0 aliphatic carbocycles. The van der Waals surface area contributed by atoms with E-state index in [1.54, 1.807) is 29.5 Å². The van der Waals surface area contributed by atoms with Gasteiger partial charge in [-0.05, 0) is 30.4 Å². The van der Waals surface area contributed by atoms with Crippen LogP contribution in [0.5, 0.6) is 0 Å². The first-order chi connectivity index (χ1) is 14.0. The summed E-state index contributed by atoms with van der Waals surface area (Å²) in [7, 11) is 0. The molecule has 29 heavy (non-hydrogen) atoms. The summed E-state index contributed by atoms with van der Waals surface area (Å²) in [6.07, 6.45) is 0.891. The van der Waals surface area contributed by atoms with E-state index in [2.05, 4.69) is 26.7 Å². The van der Waals surface area contributed by atoms with E-state index >= 15 is 0 Å². The van der Waals surface area contributed by atoms with Gasteiger partial charge in [-0.3, -0.25) is 14.9 Å². The number of fused-ring (bicyclic) bond motifs is 1. The molecule has 4 rings (SSSR count). The molecule has 1 N–H and O–H groups in total. The summed E-state index contributed by atoms with van der Waals surface area (Å²) in [5.41, 5.74) is 2.46. The topological polar surface area (TPSA) is 101 Å². The van der Waals surface area contributed by atoms with Crippen LogP contribution in [-0.2, 0) is 17.8 Å². The van der Waals surface area contributed by atoms with Crippen LogP contribution in [0.4, 0.5) is 11.5 Å². The number of benzene rings is 1. The summed E-state index contributed by atoms with van der Waals surface area (Å²) in [6, 6.07) is 10.0. The Hall–Kier alpha value is -3.33. The minimum atomic E-state index is -0.450. The van der Waals surface area contributed by atoms with Gasteiger partial charge in [0.25, 0.3) is 5.69 Å². The number of hydrogen-bond acceptors (Lipinski definition) is 7. The van der Waals surface area contributed by atoms with Crippen LogP contribution in [0.25, 0.3) is 11.4 Å². The molecule has 8 nitrogen and oxygen atoms in total. The Morgan fingerprint density at radius 3 is 3.00 bits per heavy atom. The molecule has 9 heteroatoms. The van der Waals surface area contributed by atoms with Crippen molar-refractivity contribution in [3.8, 4) is 11.4 Å². The number of nitrogens with zero attached hydrogens (tertiary/aromatic N) is 4. The third-order valence-electron chi connectivity index (χ3n) is 4.75. The molecule has 0 spiro atoms. The van der Waals surface area contributed by atoms with Crippen molar-refractivity contribution >= 4 is 28.7 Å². The average Bonchev–Trinajstić information content (AvgIpc) is 3.19. The first kappa shape index (κ1) is 19.0. The maximum Gasteiger partial charge on any atom is 0.270 e. The third kappa shape index (κ3) is 4.24. The highest BCUT2D eigenvalue weighted by Crippen LogP contribution is 2.25. The van der Waals surface area contributed by atoms with Crippen molar-refractivity contribution in [3.05, 3.63) is 68.0 Å². The normalized spacial score (nSPS) is 13.1. The van der Waals surface area contributed by atoms with Gasteiger partial charge in [0.1, 0.15) is 5.82 Å². The first-order valence-corrected chi connectivity index (χ1v) is 10.0. The van der Waals surface area contributed by atoms with Gasteiger partial charge in [0, 0.05) is 47.4 Å². The number of nitro groups is 1. The zero-order chi connectivity index (χ0) is 20.4. The second-order valence-electron chi connectivity index (χ2n) is 6.81. The number of carbonyl (C=O) groups excluding carboxylic acids is 1. The van der Waals surface area contributed by atoms with Crippen LogP contribution in [0, 0.1) is 17.0 Å². The lowest BCUT2D eigenvalue weighted by Crippen LogP contribution is -2.38. The van der Waals surface area contributed by atoms with Crippen LogP contribution in [-0.4, -0.2) is 38.8 Å². The lowest BCUT2D eigenvalue weighted by molar-refractivity contribution is -0.384. The number of anilines is 1. The van der Waals surface area contributed by atoms with Crippen LogP contribution >= 0.6 is 11.3 Å². The molecule has 0 radical (unpaired) electrons. The highest BCUT2D eigenvalue weighted by atomic mass is 32.1. The van der Waals surface area contributed by atoms with Crippen LogP contribution in [0.1, 0.15) is 16.1 Å². The molecule has 0 saturated heterocycles. The number of nitrogens with one attached hydrogen (secondary N) is 1. The van der Waals surface area contributed by atoms with E-state index in [0.29, 0.717) is 29.4 Å². The van der Waals surface area contributed by atoms with Gasteiger partial charge < -0.3 is 10.2 Å². The van der Waals surface area contributed by atoms with Crippen LogP contribution in [0.15, 0.2) is 41.8 Å². The predicted molar refractivity (Wildman–Crippen MR) is 111 cm³/mol. The maximum atomic E-state index is 12.6. The summed E-state index contributed by atoms with van der Waals surface area (Å²) in [6.45, 7) is 3.30. The van der Waals surface area contributed by atoms with E-state index in [9.17, 15) is 14.9 Å². The smallest absolute Gasteiger partial charge is 0.270 e. The number of non-ortho nitro benzene ring substituents is 1. The SMILES string of the molecule is Cc1cc(NCC(=O)N2CCc3sccc3C2)nc(-c2cccc([N+](=O)[O-])c2)n1. The minimum absolute atomic E-state index is 0.00927. The van der Waals surface area contributed by atoms with Crippen LogP contribution in [0.2, 0.25) is 0 Å². The molecule has 0 saturated carbocycles. The van der Waals surface area contributed by atoms with E-state index in [0.717, 1.165) is 13.0 Å². The number of carbonyl (C=O) groups is 1. The summed E-state index contributed by atoms with van der Waals surface area (Å²) >= 11 is 1.74. The molecule has 1 aromatic carbocycles. The zero-order valence-corrected chi connectivity index (χ0v) is 16.6. The number of amides is 1. The van der Waals surface area contributed by atoms with Gasteiger partial charge >= 0.3 is 0 Å². The van der Waals surface area contributed by atoms with E-state index in [1.807, 2.05) is 11.8 Å². The molecule has 2 aromatic heterocycles. The first-order valence-electron chi connectivity index (χ1n) is 9.17. The van der Waals surface area contributed by atoms with E-state index in [1.165, 1.54) is 22.6 Å². The van der Waals surface area contributed by atoms with Gasteiger partial charge in [0.2, 0.25) is 5.91 Å². The quantitative estimate of drug-likeness (QED) is 0.512. The maximum absolute atomic E-state index is 12.6. The number of aromatic nitrogens is 2. The Kier molecular flexibility index (Phi) is 5.22. The van der Waals surface area contributed by atoms with E-state index < -0.39 is 4.92 Å². The molecule has 3 heterocycles. The Morgan fingerprint density at radius 1 is 1.31 bits per heavy atom. The van der Waals surface area contributed by atoms with Gasteiger partial charge in [-0.15, -0.1) is 11.3 Å². The monoisotopic (exact) mass is 409 g/mol. The molecule has 3 aromatic rings. The van der Waals surface area contributed by atoms with Crippen molar-refractivity contribution in [1.82, 2.24) is 14.9 Å². The lowest BCUT2D eigenvalue weighted by atomic mass is 10.1. The van der Waals surface area contributed by atoms with Crippen molar-refractivity contribution in [1.29, 1.82) is 0 Å². The minimum Gasteiger partial charge on any atom is -0.361 e. The molecule has 0 unspecified atom stereocenters. The fourth-order valence-corrected chi connectivity index (χ4v) is 4.18. The lowest BCUT2D eigenvalue weighted by Gasteiger charge is -2.27. The zero-order valence-electron chi connectivity index (χ0n) is 15.8. The molecule has 0 fully saturated rings. The van der Waals surface area contributed by atoms with Gasteiger partial charge in [-0.2, -0.15) is 0 Å². The summed E-state index contributed by atoms with van der Waals surface area (Å²) < 4.78 is 0. The summed E-state index contributed by atoms with van der Waals surface area (Å²) in [4.78, 5) is 35.2. The van der Waals surface area contributed by atoms with E-state index in [-0.39, 0.29) is 18.1 Å².